The van der Waals surface area contributed by atoms with Crippen LogP contribution in [-0.2, 0) is 4.79 Å². The largest absolute Gasteiger partial charge is 0.496 e. The lowest BCUT2D eigenvalue weighted by atomic mass is 10.0. The number of nitrogens with one attached hydrogen (secondary N) is 1. The van der Waals surface area contributed by atoms with Gasteiger partial charge in [-0.25, -0.2) is 9.97 Å². The molecule has 2 heterocycles. The van der Waals surface area contributed by atoms with E-state index in [1.54, 1.807) is 18.2 Å². The van der Waals surface area contributed by atoms with E-state index in [9.17, 15) is 4.79 Å². The molecule has 4 rings (SSSR count). The number of nitrogens with zero attached hydrogens (tertiary/aromatic N) is 4. The van der Waals surface area contributed by atoms with Gasteiger partial charge in [0.05, 0.1) is 24.2 Å². The van der Waals surface area contributed by atoms with E-state index in [4.69, 9.17) is 4.74 Å². The van der Waals surface area contributed by atoms with Crippen molar-refractivity contribution in [1.29, 1.82) is 0 Å². The number of fused-ring (bicyclic) bond motifs is 1. The Morgan fingerprint density at radius 2 is 1.87 bits per heavy atom. The topological polar surface area (TPSA) is 70.6 Å². The minimum Gasteiger partial charge on any atom is -0.496 e. The molecule has 0 saturated carbocycles. The molecule has 0 bridgehead atoms. The fourth-order valence-corrected chi connectivity index (χ4v) is 4.10. The van der Waals surface area contributed by atoms with Gasteiger partial charge in [-0.05, 0) is 57.2 Å². The van der Waals surface area contributed by atoms with E-state index in [1.165, 1.54) is 0 Å². The second-order valence-electron chi connectivity index (χ2n) is 7.87. The van der Waals surface area contributed by atoms with Crippen LogP contribution < -0.4 is 19.9 Å². The quantitative estimate of drug-likeness (QED) is 0.660. The molecule has 1 unspecified atom stereocenters. The SMILES string of the molecule is COc1ccccc1-c1ccnc(Nc2ccc3c(c2)N(C(C)C)C(C)C(=O)N3C)n1. The summed E-state index contributed by atoms with van der Waals surface area (Å²) in [6, 6.07) is 15.5. The summed E-state index contributed by atoms with van der Waals surface area (Å²) in [4.78, 5) is 25.6. The van der Waals surface area contributed by atoms with Crippen molar-refractivity contribution in [2.45, 2.75) is 32.9 Å². The normalized spacial score (nSPS) is 15.8. The molecule has 0 fully saturated rings. The first-order chi connectivity index (χ1) is 14.9. The Bertz CT molecular complexity index is 1110. The number of methoxy groups -OCH3 is 1. The molecule has 1 N–H and O–H groups in total. The third kappa shape index (κ3) is 3.79. The van der Waals surface area contributed by atoms with E-state index in [0.29, 0.717) is 5.95 Å². The highest BCUT2D eigenvalue weighted by molar-refractivity contribution is 6.05. The predicted molar refractivity (Wildman–Crippen MR) is 124 cm³/mol. The second-order valence-corrected chi connectivity index (χ2v) is 7.87. The van der Waals surface area contributed by atoms with Gasteiger partial charge in [-0.15, -0.1) is 0 Å². The molecule has 7 nitrogen and oxygen atoms in total. The zero-order valence-corrected chi connectivity index (χ0v) is 18.5. The lowest BCUT2D eigenvalue weighted by molar-refractivity contribution is -0.119. The Morgan fingerprint density at radius 3 is 2.61 bits per heavy atom. The Hall–Kier alpha value is -3.61. The maximum atomic E-state index is 12.6. The van der Waals surface area contributed by atoms with Crippen LogP contribution in [0.3, 0.4) is 0 Å². The number of carbonyl (C=O) groups excluding carboxylic acids is 1. The molecule has 1 amide bonds. The summed E-state index contributed by atoms with van der Waals surface area (Å²) in [5.74, 6) is 1.35. The number of para-hydroxylation sites is 1. The first kappa shape index (κ1) is 20.7. The van der Waals surface area contributed by atoms with Crippen LogP contribution in [0.25, 0.3) is 11.3 Å². The van der Waals surface area contributed by atoms with Crippen LogP contribution in [0.1, 0.15) is 20.8 Å². The van der Waals surface area contributed by atoms with Gasteiger partial charge in [-0.3, -0.25) is 4.79 Å². The summed E-state index contributed by atoms with van der Waals surface area (Å²) in [6.45, 7) is 6.14. The average Bonchev–Trinajstić information content (AvgIpc) is 2.77. The zero-order valence-electron chi connectivity index (χ0n) is 18.5. The summed E-state index contributed by atoms with van der Waals surface area (Å²) in [5, 5.41) is 3.31. The van der Waals surface area contributed by atoms with Gasteiger partial charge >= 0.3 is 0 Å². The number of hydrogen-bond donors (Lipinski definition) is 1. The molecule has 7 heteroatoms. The van der Waals surface area contributed by atoms with Gasteiger partial charge in [0.1, 0.15) is 11.8 Å². The summed E-state index contributed by atoms with van der Waals surface area (Å²) in [7, 11) is 3.47. The molecule has 3 aromatic rings. The molecule has 1 aliphatic heterocycles. The minimum atomic E-state index is -0.224. The molecule has 0 spiro atoms. The monoisotopic (exact) mass is 417 g/mol. The molecule has 0 saturated heterocycles. The Kier molecular flexibility index (Phi) is 5.50. The van der Waals surface area contributed by atoms with Gasteiger partial charge in [0.15, 0.2) is 0 Å². The lowest BCUT2D eigenvalue weighted by Crippen LogP contribution is -2.53. The van der Waals surface area contributed by atoms with Gasteiger partial charge in [-0.1, -0.05) is 12.1 Å². The van der Waals surface area contributed by atoms with Crippen LogP contribution in [0, 0.1) is 0 Å². The maximum absolute atomic E-state index is 12.6. The average molecular weight is 418 g/mol. The molecule has 0 radical (unpaired) electrons. The Balaban J connectivity index is 1.68. The molecule has 1 aliphatic rings. The van der Waals surface area contributed by atoms with Crippen LogP contribution in [0.2, 0.25) is 0 Å². The van der Waals surface area contributed by atoms with Crippen molar-refractivity contribution in [3.63, 3.8) is 0 Å². The smallest absolute Gasteiger partial charge is 0.249 e. The fraction of sp³-hybridized carbons (Fsp3) is 0.292. The summed E-state index contributed by atoms with van der Waals surface area (Å²) >= 11 is 0. The Labute approximate surface area is 182 Å². The molecule has 160 valence electrons. The van der Waals surface area contributed by atoms with E-state index in [2.05, 4.69) is 34.0 Å². The maximum Gasteiger partial charge on any atom is 0.249 e. The summed E-state index contributed by atoms with van der Waals surface area (Å²) < 4.78 is 5.46. The van der Waals surface area contributed by atoms with Gasteiger partial charge in [0.2, 0.25) is 11.9 Å². The van der Waals surface area contributed by atoms with Gasteiger partial charge in [0.25, 0.3) is 0 Å². The molecule has 2 aromatic carbocycles. The highest BCUT2D eigenvalue weighted by Crippen LogP contribution is 2.39. The second kappa shape index (κ2) is 8.26. The number of benzene rings is 2. The zero-order chi connectivity index (χ0) is 22.1. The number of carbonyl (C=O) groups is 1. The number of hydrogen-bond acceptors (Lipinski definition) is 6. The first-order valence-corrected chi connectivity index (χ1v) is 10.3. The van der Waals surface area contributed by atoms with E-state index in [-0.39, 0.29) is 18.0 Å². The predicted octanol–water partition coefficient (Wildman–Crippen LogP) is 4.48. The van der Waals surface area contributed by atoms with Crippen LogP contribution in [0.15, 0.2) is 54.7 Å². The van der Waals surface area contributed by atoms with E-state index in [0.717, 1.165) is 34.1 Å². The third-order valence-corrected chi connectivity index (χ3v) is 5.57. The van der Waals surface area contributed by atoms with Crippen molar-refractivity contribution in [2.75, 3.05) is 29.3 Å². The van der Waals surface area contributed by atoms with Crippen LogP contribution in [0.4, 0.5) is 23.0 Å². The third-order valence-electron chi connectivity index (χ3n) is 5.57. The van der Waals surface area contributed by atoms with E-state index in [1.807, 2.05) is 62.5 Å². The highest BCUT2D eigenvalue weighted by Gasteiger charge is 2.34. The number of ether oxygens (including phenoxy) is 1. The van der Waals surface area contributed by atoms with Crippen molar-refractivity contribution in [3.8, 4) is 17.0 Å². The van der Waals surface area contributed by atoms with Crippen molar-refractivity contribution in [3.05, 3.63) is 54.7 Å². The molecule has 1 aromatic heterocycles. The number of rotatable bonds is 5. The van der Waals surface area contributed by atoms with Crippen molar-refractivity contribution in [2.24, 2.45) is 0 Å². The van der Waals surface area contributed by atoms with Crippen LogP contribution in [0.5, 0.6) is 5.75 Å². The van der Waals surface area contributed by atoms with Crippen LogP contribution >= 0.6 is 0 Å². The van der Waals surface area contributed by atoms with Gasteiger partial charge < -0.3 is 19.9 Å². The highest BCUT2D eigenvalue weighted by atomic mass is 16.5. The number of likely N-dealkylation sites (N-methyl/N-ethyl adjacent to an activating group) is 1. The number of amides is 1. The van der Waals surface area contributed by atoms with Crippen LogP contribution in [-0.4, -0.2) is 42.1 Å². The summed E-state index contributed by atoms with van der Waals surface area (Å²) in [5.41, 5.74) is 4.44. The minimum absolute atomic E-state index is 0.0924. The molecule has 31 heavy (non-hydrogen) atoms. The molecule has 1 atom stereocenters. The van der Waals surface area contributed by atoms with Gasteiger partial charge in [-0.2, -0.15) is 0 Å². The van der Waals surface area contributed by atoms with Gasteiger partial charge in [0, 0.05) is 30.5 Å². The number of anilines is 4. The number of aromatic nitrogens is 2. The van der Waals surface area contributed by atoms with E-state index >= 15 is 0 Å². The van der Waals surface area contributed by atoms with Crippen molar-refractivity contribution >= 4 is 28.9 Å². The molecule has 0 aliphatic carbocycles. The van der Waals surface area contributed by atoms with Crippen molar-refractivity contribution < 1.29 is 9.53 Å². The van der Waals surface area contributed by atoms with E-state index < -0.39 is 0 Å². The van der Waals surface area contributed by atoms with Crippen molar-refractivity contribution in [1.82, 2.24) is 9.97 Å². The molecular formula is C24H27N5O2. The lowest BCUT2D eigenvalue weighted by Gasteiger charge is -2.42. The Morgan fingerprint density at radius 1 is 1.10 bits per heavy atom. The fourth-order valence-electron chi connectivity index (χ4n) is 4.10. The summed E-state index contributed by atoms with van der Waals surface area (Å²) in [6.07, 6.45) is 1.73. The molecular weight excluding hydrogens is 390 g/mol. The first-order valence-electron chi connectivity index (χ1n) is 10.3. The standard InChI is InChI=1S/C24H27N5O2/c1-15(2)29-16(3)23(30)28(4)20-11-10-17(14-21(20)29)26-24-25-13-12-19(27-24)18-8-6-7-9-22(18)31-5/h6-16H,1-5H3,(H,25,26,27).